The first-order chi connectivity index (χ1) is 11.2. The number of fused-ring (bicyclic) bond motifs is 5. The topological polar surface area (TPSA) is 54.4 Å². The summed E-state index contributed by atoms with van der Waals surface area (Å²) < 4.78 is 0. The maximum Gasteiger partial charge on any atom is 0.155 e. The SMILES string of the molecule is CC1CC2=CC(=O)CC[C@]2(C=O)[C@H]2CC[C@@]3(C)[C@@H](CC[C@]3(C)O)[C@H]12. The lowest BCUT2D eigenvalue weighted by atomic mass is 9.44. The third kappa shape index (κ3) is 1.88. The molecule has 0 radical (unpaired) electrons. The Hall–Kier alpha value is -0.960. The predicted molar refractivity (Wildman–Crippen MR) is 92.3 cm³/mol. The summed E-state index contributed by atoms with van der Waals surface area (Å²) in [6.45, 7) is 6.59. The minimum Gasteiger partial charge on any atom is -0.390 e. The van der Waals surface area contributed by atoms with E-state index >= 15 is 0 Å². The number of hydrogen-bond donors (Lipinski definition) is 1. The van der Waals surface area contributed by atoms with E-state index in [1.54, 1.807) is 6.08 Å². The molecule has 3 heteroatoms. The smallest absolute Gasteiger partial charge is 0.155 e. The fourth-order valence-corrected chi connectivity index (χ4v) is 7.10. The number of carbonyl (C=O) groups is 2. The summed E-state index contributed by atoms with van der Waals surface area (Å²) in [5.41, 5.74) is 0.0878. The third-order valence-electron chi connectivity index (χ3n) is 8.68. The van der Waals surface area contributed by atoms with Crippen LogP contribution in [0.5, 0.6) is 0 Å². The van der Waals surface area contributed by atoms with Gasteiger partial charge in [-0.05, 0) is 80.6 Å². The van der Waals surface area contributed by atoms with E-state index in [0.29, 0.717) is 36.5 Å². The van der Waals surface area contributed by atoms with E-state index in [4.69, 9.17) is 0 Å². The van der Waals surface area contributed by atoms with Crippen LogP contribution in [-0.2, 0) is 9.59 Å². The second kappa shape index (κ2) is 5.03. The van der Waals surface area contributed by atoms with Crippen molar-refractivity contribution in [3.05, 3.63) is 11.6 Å². The predicted octanol–water partition coefficient (Wildman–Crippen LogP) is 3.69. The zero-order valence-corrected chi connectivity index (χ0v) is 15.2. The van der Waals surface area contributed by atoms with Gasteiger partial charge in [-0.15, -0.1) is 0 Å². The highest BCUT2D eigenvalue weighted by molar-refractivity contribution is 5.93. The summed E-state index contributed by atoms with van der Waals surface area (Å²) in [6, 6.07) is 0. The number of carbonyl (C=O) groups excluding carboxylic acids is 2. The second-order valence-electron chi connectivity index (χ2n) is 9.53. The van der Waals surface area contributed by atoms with Crippen molar-refractivity contribution in [1.82, 2.24) is 0 Å². The Morgan fingerprint density at radius 1 is 1.17 bits per heavy atom. The summed E-state index contributed by atoms with van der Waals surface area (Å²) in [5.74, 6) is 2.02. The molecule has 0 bridgehead atoms. The van der Waals surface area contributed by atoms with Crippen molar-refractivity contribution in [2.45, 2.75) is 71.3 Å². The van der Waals surface area contributed by atoms with Gasteiger partial charge in [-0.25, -0.2) is 0 Å². The monoisotopic (exact) mass is 330 g/mol. The Kier molecular flexibility index (Phi) is 3.46. The first kappa shape index (κ1) is 16.5. The molecular formula is C21H30O3. The highest BCUT2D eigenvalue weighted by Gasteiger charge is 2.64. The molecule has 0 aromatic carbocycles. The van der Waals surface area contributed by atoms with Gasteiger partial charge in [-0.3, -0.25) is 4.79 Å². The maximum absolute atomic E-state index is 12.3. The molecule has 1 unspecified atom stereocenters. The molecule has 1 N–H and O–H groups in total. The molecule has 7 atom stereocenters. The van der Waals surface area contributed by atoms with Gasteiger partial charge in [0.15, 0.2) is 5.78 Å². The van der Waals surface area contributed by atoms with Crippen LogP contribution in [0.4, 0.5) is 0 Å². The van der Waals surface area contributed by atoms with Crippen molar-refractivity contribution < 1.29 is 14.7 Å². The van der Waals surface area contributed by atoms with Crippen LogP contribution in [0, 0.1) is 34.5 Å². The molecule has 0 amide bonds. The Bertz CT molecular complexity index is 619. The van der Waals surface area contributed by atoms with E-state index in [0.717, 1.165) is 37.7 Å². The second-order valence-corrected chi connectivity index (χ2v) is 9.53. The van der Waals surface area contributed by atoms with Crippen LogP contribution >= 0.6 is 0 Å². The Morgan fingerprint density at radius 2 is 1.88 bits per heavy atom. The summed E-state index contributed by atoms with van der Waals surface area (Å²) in [4.78, 5) is 24.2. The van der Waals surface area contributed by atoms with E-state index in [1.165, 1.54) is 6.29 Å². The number of ketones is 1. The molecule has 3 saturated carbocycles. The van der Waals surface area contributed by atoms with Crippen LogP contribution in [0.25, 0.3) is 0 Å². The molecule has 3 fully saturated rings. The standard InChI is InChI=1S/C21H30O3/c1-13-10-14-11-15(23)4-9-21(14,12-22)17-5-7-19(2)16(18(13)17)6-8-20(19,3)24/h11-13,16-18,24H,4-10H2,1-3H3/t13?,16-,17-,18-,19-,20-,21+/m0/s1. The van der Waals surface area contributed by atoms with Crippen LogP contribution in [0.15, 0.2) is 11.6 Å². The lowest BCUT2D eigenvalue weighted by Crippen LogP contribution is -2.57. The molecule has 0 spiro atoms. The fraction of sp³-hybridized carbons (Fsp3) is 0.810. The average molecular weight is 330 g/mol. The van der Waals surface area contributed by atoms with E-state index in [2.05, 4.69) is 13.8 Å². The molecule has 4 rings (SSSR count). The molecule has 132 valence electrons. The highest BCUT2D eigenvalue weighted by atomic mass is 16.3. The molecule has 0 saturated heterocycles. The molecule has 0 aromatic rings. The average Bonchev–Trinajstić information content (AvgIpc) is 2.77. The Balaban J connectivity index is 1.78. The summed E-state index contributed by atoms with van der Waals surface area (Å²) >= 11 is 0. The van der Waals surface area contributed by atoms with Gasteiger partial charge in [0, 0.05) is 6.42 Å². The highest BCUT2D eigenvalue weighted by Crippen LogP contribution is 2.68. The van der Waals surface area contributed by atoms with Gasteiger partial charge in [-0.1, -0.05) is 19.4 Å². The van der Waals surface area contributed by atoms with Crippen LogP contribution < -0.4 is 0 Å². The minimum absolute atomic E-state index is 0.0296. The molecule has 3 nitrogen and oxygen atoms in total. The number of aliphatic hydroxyl groups is 1. The fourth-order valence-electron chi connectivity index (χ4n) is 7.10. The van der Waals surface area contributed by atoms with E-state index in [-0.39, 0.29) is 11.2 Å². The van der Waals surface area contributed by atoms with Crippen LogP contribution in [0.3, 0.4) is 0 Å². The molecule has 0 aromatic heterocycles. The van der Waals surface area contributed by atoms with Crippen molar-refractivity contribution in [3.63, 3.8) is 0 Å². The largest absolute Gasteiger partial charge is 0.390 e. The summed E-state index contributed by atoms with van der Waals surface area (Å²) in [7, 11) is 0. The number of allylic oxidation sites excluding steroid dienone is 1. The molecule has 4 aliphatic rings. The summed E-state index contributed by atoms with van der Waals surface area (Å²) in [5, 5.41) is 11.0. The van der Waals surface area contributed by atoms with Gasteiger partial charge >= 0.3 is 0 Å². The molecular weight excluding hydrogens is 300 g/mol. The lowest BCUT2D eigenvalue weighted by Gasteiger charge is -2.60. The van der Waals surface area contributed by atoms with Gasteiger partial charge in [0.25, 0.3) is 0 Å². The first-order valence-corrected chi connectivity index (χ1v) is 9.68. The van der Waals surface area contributed by atoms with Gasteiger partial charge in [0.1, 0.15) is 6.29 Å². The molecule has 4 aliphatic carbocycles. The lowest BCUT2D eigenvalue weighted by molar-refractivity contribution is -0.144. The molecule has 0 aliphatic heterocycles. The third-order valence-corrected chi connectivity index (χ3v) is 8.68. The van der Waals surface area contributed by atoms with Crippen molar-refractivity contribution in [2.75, 3.05) is 0 Å². The number of hydrogen-bond acceptors (Lipinski definition) is 3. The zero-order valence-electron chi connectivity index (χ0n) is 15.2. The van der Waals surface area contributed by atoms with Gasteiger partial charge in [0.05, 0.1) is 11.0 Å². The van der Waals surface area contributed by atoms with Crippen LogP contribution in [0.2, 0.25) is 0 Å². The van der Waals surface area contributed by atoms with E-state index < -0.39 is 11.0 Å². The van der Waals surface area contributed by atoms with Crippen LogP contribution in [0.1, 0.15) is 65.7 Å². The van der Waals surface area contributed by atoms with Crippen molar-refractivity contribution in [2.24, 2.45) is 34.5 Å². The zero-order chi connectivity index (χ0) is 17.3. The number of aldehydes is 1. The van der Waals surface area contributed by atoms with E-state index in [1.807, 2.05) is 6.92 Å². The van der Waals surface area contributed by atoms with Gasteiger partial charge in [0.2, 0.25) is 0 Å². The molecule has 0 heterocycles. The van der Waals surface area contributed by atoms with Crippen LogP contribution in [-0.4, -0.2) is 22.8 Å². The Labute approximate surface area is 144 Å². The normalized spacial score (nSPS) is 53.7. The van der Waals surface area contributed by atoms with E-state index in [9.17, 15) is 14.7 Å². The summed E-state index contributed by atoms with van der Waals surface area (Å²) in [6.07, 6.45) is 9.02. The molecule has 24 heavy (non-hydrogen) atoms. The van der Waals surface area contributed by atoms with Crippen molar-refractivity contribution in [1.29, 1.82) is 0 Å². The van der Waals surface area contributed by atoms with Crippen molar-refractivity contribution >= 4 is 12.1 Å². The van der Waals surface area contributed by atoms with Crippen molar-refractivity contribution in [3.8, 4) is 0 Å². The Morgan fingerprint density at radius 3 is 2.58 bits per heavy atom. The minimum atomic E-state index is -0.588. The first-order valence-electron chi connectivity index (χ1n) is 9.68. The van der Waals surface area contributed by atoms with Gasteiger partial charge in [-0.2, -0.15) is 0 Å². The van der Waals surface area contributed by atoms with Gasteiger partial charge < -0.3 is 9.90 Å². The number of rotatable bonds is 1. The quantitative estimate of drug-likeness (QED) is 0.746. The maximum atomic E-state index is 12.3.